The minimum Gasteiger partial charge on any atom is -0.508 e. The lowest BCUT2D eigenvalue weighted by Crippen LogP contribution is -2.46. The molecule has 1 saturated carbocycles. The van der Waals surface area contributed by atoms with E-state index in [2.05, 4.69) is 0 Å². The fraction of sp³-hybridized carbons (Fsp3) is 0.533. The number of hydrogen-bond donors (Lipinski definition) is 2. The summed E-state index contributed by atoms with van der Waals surface area (Å²) < 4.78 is 0. The molecule has 2 aliphatic rings. The van der Waals surface area contributed by atoms with Crippen LogP contribution in [0.15, 0.2) is 12.1 Å². The Bertz CT molecular complexity index is 572. The van der Waals surface area contributed by atoms with Gasteiger partial charge in [-0.3, -0.25) is 4.79 Å². The van der Waals surface area contributed by atoms with Crippen molar-refractivity contribution in [3.05, 3.63) is 27.7 Å². The van der Waals surface area contributed by atoms with E-state index in [0.29, 0.717) is 34.5 Å². The summed E-state index contributed by atoms with van der Waals surface area (Å²) in [5.74, 6) is 0.351. The molecular weight excluding hydrogens is 313 g/mol. The van der Waals surface area contributed by atoms with Crippen LogP contribution in [0.3, 0.4) is 0 Å². The van der Waals surface area contributed by atoms with E-state index < -0.39 is 0 Å². The number of carbonyl (C=O) groups is 1. The minimum absolute atomic E-state index is 0.0804. The lowest BCUT2D eigenvalue weighted by Gasteiger charge is -2.40. The van der Waals surface area contributed by atoms with Gasteiger partial charge < -0.3 is 15.1 Å². The molecule has 1 amide bonds. The highest BCUT2D eigenvalue weighted by Crippen LogP contribution is 2.44. The van der Waals surface area contributed by atoms with Crippen LogP contribution in [0.5, 0.6) is 5.75 Å². The molecule has 1 atom stereocenters. The van der Waals surface area contributed by atoms with Gasteiger partial charge in [0.25, 0.3) is 0 Å². The van der Waals surface area contributed by atoms with Crippen molar-refractivity contribution in [2.75, 3.05) is 13.2 Å². The van der Waals surface area contributed by atoms with Gasteiger partial charge in [-0.05, 0) is 30.9 Å². The molecular formula is C15H17Cl2NO3. The molecule has 21 heavy (non-hydrogen) atoms. The van der Waals surface area contributed by atoms with Crippen molar-refractivity contribution in [1.29, 1.82) is 0 Å². The predicted octanol–water partition coefficient (Wildman–Crippen LogP) is 2.79. The maximum Gasteiger partial charge on any atom is 0.223 e. The van der Waals surface area contributed by atoms with Crippen LogP contribution >= 0.6 is 23.2 Å². The quantitative estimate of drug-likeness (QED) is 0.896. The summed E-state index contributed by atoms with van der Waals surface area (Å²) in [7, 11) is 0. The Hall–Kier alpha value is -0.970. The van der Waals surface area contributed by atoms with E-state index in [4.69, 9.17) is 28.3 Å². The fourth-order valence-electron chi connectivity index (χ4n) is 3.33. The molecule has 1 aromatic carbocycles. The average Bonchev–Trinajstić information content (AvgIpc) is 2.75. The zero-order valence-corrected chi connectivity index (χ0v) is 12.9. The summed E-state index contributed by atoms with van der Waals surface area (Å²) in [5, 5.41) is 19.8. The second kappa shape index (κ2) is 5.67. The maximum atomic E-state index is 12.2. The van der Waals surface area contributed by atoms with Crippen molar-refractivity contribution in [3.8, 4) is 5.75 Å². The van der Waals surface area contributed by atoms with Crippen molar-refractivity contribution < 1.29 is 15.0 Å². The molecule has 4 nitrogen and oxygen atoms in total. The second-order valence-electron chi connectivity index (χ2n) is 5.92. The van der Waals surface area contributed by atoms with Crippen LogP contribution in [0.25, 0.3) is 0 Å². The molecule has 2 N–H and O–H groups in total. The Morgan fingerprint density at radius 3 is 2.67 bits per heavy atom. The number of carbonyl (C=O) groups excluding carboxylic acids is 1. The third kappa shape index (κ3) is 2.60. The Morgan fingerprint density at radius 2 is 2.00 bits per heavy atom. The van der Waals surface area contributed by atoms with Gasteiger partial charge in [0, 0.05) is 37.1 Å². The van der Waals surface area contributed by atoms with Crippen molar-refractivity contribution in [1.82, 2.24) is 4.90 Å². The summed E-state index contributed by atoms with van der Waals surface area (Å²) in [6, 6.07) is 3.27. The van der Waals surface area contributed by atoms with Crippen LogP contribution in [-0.4, -0.2) is 40.2 Å². The molecule has 1 saturated heterocycles. The number of benzene rings is 1. The van der Waals surface area contributed by atoms with Crippen molar-refractivity contribution in [3.63, 3.8) is 0 Å². The lowest BCUT2D eigenvalue weighted by molar-refractivity contribution is -0.132. The van der Waals surface area contributed by atoms with E-state index >= 15 is 0 Å². The smallest absolute Gasteiger partial charge is 0.223 e. The van der Waals surface area contributed by atoms with Crippen LogP contribution < -0.4 is 0 Å². The van der Waals surface area contributed by atoms with Gasteiger partial charge in [0.15, 0.2) is 0 Å². The summed E-state index contributed by atoms with van der Waals surface area (Å²) in [6.07, 6.45) is 2.04. The highest BCUT2D eigenvalue weighted by molar-refractivity contribution is 6.42. The average molecular weight is 330 g/mol. The first-order valence-corrected chi connectivity index (χ1v) is 7.84. The van der Waals surface area contributed by atoms with Gasteiger partial charge in [0.1, 0.15) is 5.75 Å². The monoisotopic (exact) mass is 329 g/mol. The molecule has 0 aromatic heterocycles. The van der Waals surface area contributed by atoms with E-state index in [1.165, 1.54) is 6.07 Å². The van der Waals surface area contributed by atoms with Gasteiger partial charge in [-0.15, -0.1) is 0 Å². The lowest BCUT2D eigenvalue weighted by atomic mass is 9.80. The number of halogens is 2. The number of rotatable bonds is 3. The number of phenols is 1. The Labute approximate surface area is 133 Å². The zero-order valence-electron chi connectivity index (χ0n) is 11.4. The maximum absolute atomic E-state index is 12.2. The second-order valence-corrected chi connectivity index (χ2v) is 6.70. The number of amides is 1. The molecule has 2 fully saturated rings. The fourth-order valence-corrected chi connectivity index (χ4v) is 3.81. The van der Waals surface area contributed by atoms with Crippen molar-refractivity contribution in [2.24, 2.45) is 5.92 Å². The molecule has 1 aromatic rings. The van der Waals surface area contributed by atoms with Crippen LogP contribution in [0, 0.1) is 5.92 Å². The third-order valence-corrected chi connectivity index (χ3v) is 5.41. The first-order valence-electron chi connectivity index (χ1n) is 7.08. The van der Waals surface area contributed by atoms with Gasteiger partial charge in [-0.2, -0.15) is 0 Å². The van der Waals surface area contributed by atoms with Crippen LogP contribution in [0.4, 0.5) is 0 Å². The Morgan fingerprint density at radius 1 is 1.29 bits per heavy atom. The number of aliphatic hydroxyl groups is 1. The van der Waals surface area contributed by atoms with E-state index in [0.717, 1.165) is 12.8 Å². The number of hydrogen-bond acceptors (Lipinski definition) is 3. The van der Waals surface area contributed by atoms with Crippen molar-refractivity contribution >= 4 is 29.1 Å². The van der Waals surface area contributed by atoms with E-state index in [9.17, 15) is 9.90 Å². The third-order valence-electron chi connectivity index (χ3n) is 4.59. The molecule has 1 aliphatic carbocycles. The highest BCUT2D eigenvalue weighted by atomic mass is 35.5. The number of nitrogens with zero attached hydrogens (tertiary/aromatic N) is 1. The molecule has 0 spiro atoms. The largest absolute Gasteiger partial charge is 0.508 e. The molecule has 0 unspecified atom stereocenters. The van der Waals surface area contributed by atoms with Crippen LogP contribution in [0.1, 0.15) is 30.7 Å². The van der Waals surface area contributed by atoms with E-state index in [1.807, 2.05) is 4.90 Å². The Balaban J connectivity index is 1.78. The molecule has 114 valence electrons. The van der Waals surface area contributed by atoms with Crippen LogP contribution in [-0.2, 0) is 4.79 Å². The van der Waals surface area contributed by atoms with Crippen LogP contribution in [0.2, 0.25) is 10.0 Å². The molecule has 0 bridgehead atoms. The highest BCUT2D eigenvalue weighted by Gasteiger charge is 2.42. The molecule has 6 heteroatoms. The molecule has 1 heterocycles. The number of aliphatic hydroxyl groups excluding tert-OH is 1. The standard InChI is InChI=1S/C15H17Cl2NO3/c16-11-1-2-12(20)14(15(11)17)9-5-13(21)18(6-9)10-3-8(4-10)7-19/h1-2,8-10,19-20H,3-7H2/t8?,9-,10?/m1/s1. The predicted molar refractivity (Wildman–Crippen MR) is 80.8 cm³/mol. The first kappa shape index (κ1) is 14.9. The van der Waals surface area contributed by atoms with Crippen molar-refractivity contribution in [2.45, 2.75) is 31.2 Å². The summed E-state index contributed by atoms with van der Waals surface area (Å²) in [5.41, 5.74) is 0.568. The molecule has 0 radical (unpaired) electrons. The number of phenolic OH excluding ortho intramolecular Hbond substituents is 1. The SMILES string of the molecule is O=C1C[C@@H](c2c(O)ccc(Cl)c2Cl)CN1C1CC(CO)C1. The minimum atomic E-state index is -0.128. The number of aromatic hydroxyl groups is 1. The van der Waals surface area contributed by atoms with Gasteiger partial charge >= 0.3 is 0 Å². The first-order chi connectivity index (χ1) is 10.0. The topological polar surface area (TPSA) is 60.8 Å². The van der Waals surface area contributed by atoms with E-state index in [-0.39, 0.29) is 30.2 Å². The van der Waals surface area contributed by atoms with Gasteiger partial charge in [0.2, 0.25) is 5.91 Å². The van der Waals surface area contributed by atoms with Gasteiger partial charge in [-0.1, -0.05) is 23.2 Å². The number of likely N-dealkylation sites (tertiary alicyclic amines) is 1. The zero-order chi connectivity index (χ0) is 15.1. The van der Waals surface area contributed by atoms with Gasteiger partial charge in [0.05, 0.1) is 10.0 Å². The summed E-state index contributed by atoms with van der Waals surface area (Å²) in [6.45, 7) is 0.734. The Kier molecular flexibility index (Phi) is 4.04. The molecule has 1 aliphatic heterocycles. The molecule has 3 rings (SSSR count). The summed E-state index contributed by atoms with van der Waals surface area (Å²) in [4.78, 5) is 14.1. The normalized spacial score (nSPS) is 28.8. The van der Waals surface area contributed by atoms with E-state index in [1.54, 1.807) is 6.07 Å². The summed E-state index contributed by atoms with van der Waals surface area (Å²) >= 11 is 12.2. The van der Waals surface area contributed by atoms with Gasteiger partial charge in [-0.25, -0.2) is 0 Å².